The number of pyridine rings is 1. The molecule has 0 unspecified atom stereocenters. The van der Waals surface area contributed by atoms with Gasteiger partial charge in [-0.15, -0.1) is 0 Å². The third kappa shape index (κ3) is 3.05. The van der Waals surface area contributed by atoms with Crippen LogP contribution >= 0.6 is 0 Å². The summed E-state index contributed by atoms with van der Waals surface area (Å²) < 4.78 is 44.3. The van der Waals surface area contributed by atoms with Crippen LogP contribution in [0.1, 0.15) is 33.1 Å². The number of rotatable bonds is 3. The van der Waals surface area contributed by atoms with Gasteiger partial charge in [-0.3, -0.25) is 0 Å². The summed E-state index contributed by atoms with van der Waals surface area (Å²) in [7, 11) is 3.77. The molecule has 0 amide bonds. The Morgan fingerprint density at radius 2 is 1.89 bits per heavy atom. The lowest BCUT2D eigenvalue weighted by atomic mass is 9.54. The Morgan fingerprint density at radius 1 is 1.15 bits per heavy atom. The molecule has 2 aromatic carbocycles. The first-order chi connectivity index (χ1) is 14.9. The van der Waals surface area contributed by atoms with E-state index in [1.165, 1.54) is 0 Å². The van der Waals surface area contributed by atoms with Crippen LogP contribution in [-0.4, -0.2) is 18.7 Å². The first-order valence-corrected chi connectivity index (χ1v) is 9.41. The lowest BCUT2D eigenvalue weighted by molar-refractivity contribution is -0.627. The van der Waals surface area contributed by atoms with E-state index in [4.69, 9.17) is 6.85 Å². The molecular weight excluding hydrogens is 327 g/mol. The van der Waals surface area contributed by atoms with Gasteiger partial charge in [0.1, 0.15) is 7.05 Å². The Bertz CT molecular complexity index is 1310. The zero-order valence-corrected chi connectivity index (χ0v) is 16.3. The van der Waals surface area contributed by atoms with E-state index >= 15 is 0 Å². The monoisotopic (exact) mass is 360 g/mol. The predicted molar refractivity (Wildman–Crippen MR) is 116 cm³/mol. The van der Waals surface area contributed by atoms with Crippen molar-refractivity contribution in [3.8, 4) is 0 Å². The highest BCUT2D eigenvalue weighted by atomic mass is 15.1. The summed E-state index contributed by atoms with van der Waals surface area (Å²) in [5.41, 5.74) is 2.71. The van der Waals surface area contributed by atoms with Gasteiger partial charge in [0.15, 0.2) is 5.59 Å². The van der Waals surface area contributed by atoms with Gasteiger partial charge < -0.3 is 4.81 Å². The standard InChI is InChI=1S/C24H28BN2/c1-17(2)14-20-15-24(26(4)23-13-9-8-12-22(20)23)25-16-19-10-6-7-11-21(19)18(3)27(25)5/h6-13,15-17H,14H2,1-5H3/q+1/i3D3,14D2. The SMILES string of the molecule is [2H]C([2H])([2H])C1=c2ccccc2=CB(c2cc(C([2H])([2H])C(C)C)c3ccccc3[n+]2C)N1C. The van der Waals surface area contributed by atoms with Crippen molar-refractivity contribution in [2.75, 3.05) is 7.05 Å². The van der Waals surface area contributed by atoms with E-state index in [1.807, 2.05) is 87.4 Å². The molecular formula is C24H28BN2+. The fourth-order valence-corrected chi connectivity index (χ4v) is 3.92. The second-order valence-corrected chi connectivity index (χ2v) is 7.52. The summed E-state index contributed by atoms with van der Waals surface area (Å²) in [6, 6.07) is 17.3. The Kier molecular flexibility index (Phi) is 3.26. The summed E-state index contributed by atoms with van der Waals surface area (Å²) in [6.07, 6.45) is -1.54. The second kappa shape index (κ2) is 6.88. The van der Waals surface area contributed by atoms with E-state index in [-0.39, 0.29) is 12.8 Å². The fraction of sp³-hybridized carbons (Fsp3) is 0.292. The molecule has 2 nitrogen and oxygen atoms in total. The van der Waals surface area contributed by atoms with Crippen molar-refractivity contribution in [1.29, 1.82) is 0 Å². The number of fused-ring (bicyclic) bond motifs is 2. The van der Waals surface area contributed by atoms with E-state index in [0.717, 1.165) is 21.7 Å². The van der Waals surface area contributed by atoms with E-state index in [1.54, 1.807) is 0 Å². The van der Waals surface area contributed by atoms with E-state index in [2.05, 4.69) is 10.5 Å². The fourth-order valence-electron chi connectivity index (χ4n) is 3.92. The van der Waals surface area contributed by atoms with E-state index < -0.39 is 13.2 Å². The average Bonchev–Trinajstić information content (AvgIpc) is 2.72. The smallest absolute Gasteiger partial charge is 0.396 e. The van der Waals surface area contributed by atoms with Crippen molar-refractivity contribution in [3.63, 3.8) is 0 Å². The Morgan fingerprint density at radius 3 is 2.67 bits per heavy atom. The molecule has 3 heteroatoms. The van der Waals surface area contributed by atoms with Gasteiger partial charge in [-0.25, -0.2) is 4.57 Å². The van der Waals surface area contributed by atoms with Crippen LogP contribution in [0, 0.1) is 5.92 Å². The van der Waals surface area contributed by atoms with Crippen LogP contribution in [0.3, 0.4) is 0 Å². The minimum absolute atomic E-state index is 0.218. The molecule has 0 atom stereocenters. The van der Waals surface area contributed by atoms with Crippen molar-refractivity contribution >= 4 is 35.0 Å². The molecule has 0 radical (unpaired) electrons. The minimum Gasteiger partial charge on any atom is -0.408 e. The van der Waals surface area contributed by atoms with Crippen LogP contribution in [0.5, 0.6) is 0 Å². The van der Waals surface area contributed by atoms with Crippen LogP contribution < -0.4 is 20.6 Å². The number of benzene rings is 2. The molecule has 27 heavy (non-hydrogen) atoms. The van der Waals surface area contributed by atoms with Crippen molar-refractivity contribution in [2.24, 2.45) is 13.0 Å². The molecule has 0 saturated heterocycles. The van der Waals surface area contributed by atoms with Gasteiger partial charge in [0.2, 0.25) is 5.52 Å². The Labute approximate surface area is 169 Å². The lowest BCUT2D eigenvalue weighted by Crippen LogP contribution is -2.62. The van der Waals surface area contributed by atoms with Gasteiger partial charge in [0.25, 0.3) is 0 Å². The van der Waals surface area contributed by atoms with Crippen LogP contribution in [-0.2, 0) is 13.4 Å². The highest BCUT2D eigenvalue weighted by Gasteiger charge is 2.33. The lowest BCUT2D eigenvalue weighted by Gasteiger charge is -2.28. The van der Waals surface area contributed by atoms with E-state index in [0.29, 0.717) is 16.5 Å². The summed E-state index contributed by atoms with van der Waals surface area (Å²) in [4.78, 5) is 1.81. The van der Waals surface area contributed by atoms with Crippen molar-refractivity contribution in [2.45, 2.75) is 27.1 Å². The number of nitrogens with zero attached hydrogens (tertiary/aromatic N) is 2. The molecule has 0 aliphatic carbocycles. The quantitative estimate of drug-likeness (QED) is 0.513. The first-order valence-electron chi connectivity index (χ1n) is 11.9. The summed E-state index contributed by atoms with van der Waals surface area (Å²) in [6.45, 7) is 1.15. The zero-order valence-electron chi connectivity index (χ0n) is 21.3. The molecule has 2 heterocycles. The topological polar surface area (TPSA) is 7.12 Å². The van der Waals surface area contributed by atoms with Crippen LogP contribution in [0.4, 0.5) is 0 Å². The molecule has 1 aliphatic heterocycles. The van der Waals surface area contributed by atoms with Crippen molar-refractivity contribution < 1.29 is 11.4 Å². The number of aryl methyl sites for hydroxylation is 1. The average molecular weight is 360 g/mol. The minimum atomic E-state index is -2.28. The third-order valence-electron chi connectivity index (χ3n) is 5.31. The maximum absolute atomic E-state index is 8.83. The molecule has 0 bridgehead atoms. The maximum atomic E-state index is 8.83. The predicted octanol–water partition coefficient (Wildman–Crippen LogP) is 2.15. The highest BCUT2D eigenvalue weighted by molar-refractivity contribution is 6.82. The molecule has 3 aromatic rings. The highest BCUT2D eigenvalue weighted by Crippen LogP contribution is 2.19. The maximum Gasteiger partial charge on any atom is 0.396 e. The zero-order chi connectivity index (χ0) is 23.4. The number of hydrogen-bond acceptors (Lipinski definition) is 1. The van der Waals surface area contributed by atoms with Gasteiger partial charge in [-0.05, 0) is 48.3 Å². The summed E-state index contributed by atoms with van der Waals surface area (Å²) >= 11 is 0. The van der Waals surface area contributed by atoms with Gasteiger partial charge in [0, 0.05) is 30.1 Å². The van der Waals surface area contributed by atoms with Crippen LogP contribution in [0.15, 0.2) is 54.6 Å². The molecule has 1 aliphatic rings. The number of para-hydroxylation sites is 1. The Hall–Kier alpha value is -2.55. The molecule has 1 aromatic heterocycles. The molecule has 136 valence electrons. The van der Waals surface area contributed by atoms with Crippen LogP contribution in [0.2, 0.25) is 0 Å². The van der Waals surface area contributed by atoms with Gasteiger partial charge in [-0.2, -0.15) is 0 Å². The molecule has 0 N–H and O–H groups in total. The molecule has 0 saturated carbocycles. The number of aromatic nitrogens is 1. The Balaban J connectivity index is 2.05. The van der Waals surface area contributed by atoms with Gasteiger partial charge in [-0.1, -0.05) is 56.2 Å². The normalized spacial score (nSPS) is 17.7. The second-order valence-electron chi connectivity index (χ2n) is 7.52. The van der Waals surface area contributed by atoms with Gasteiger partial charge >= 0.3 is 6.85 Å². The van der Waals surface area contributed by atoms with E-state index in [9.17, 15) is 0 Å². The van der Waals surface area contributed by atoms with Crippen molar-refractivity contribution in [3.05, 3.63) is 70.6 Å². The number of hydrogen-bond donors (Lipinski definition) is 0. The summed E-state index contributed by atoms with van der Waals surface area (Å²) in [5.74, 6) is 1.86. The largest absolute Gasteiger partial charge is 0.408 e. The molecule has 0 spiro atoms. The van der Waals surface area contributed by atoms with Crippen molar-refractivity contribution in [1.82, 2.24) is 4.81 Å². The molecule has 4 rings (SSSR count). The summed E-state index contributed by atoms with van der Waals surface area (Å²) in [5, 5.41) is 2.46. The first kappa shape index (κ1) is 12.8. The van der Waals surface area contributed by atoms with Crippen LogP contribution in [0.25, 0.3) is 22.6 Å². The third-order valence-corrected chi connectivity index (χ3v) is 5.31. The van der Waals surface area contributed by atoms with Gasteiger partial charge in [0.05, 0.1) is 0 Å². The molecule has 0 fully saturated rings.